The Labute approximate surface area is 89.8 Å². The molecule has 1 aromatic heterocycles. The summed E-state index contributed by atoms with van der Waals surface area (Å²) in [6.45, 7) is 3.56. The first-order valence-electron chi connectivity index (χ1n) is 5.01. The number of carbonyl (C=O) groups is 1. The first-order valence-corrected chi connectivity index (χ1v) is 5.01. The number of ketones is 1. The molecule has 2 N–H and O–H groups in total. The average molecular weight is 207 g/mol. The summed E-state index contributed by atoms with van der Waals surface area (Å²) in [6.07, 6.45) is 5.11. The highest BCUT2D eigenvalue weighted by molar-refractivity contribution is 5.84. The van der Waals surface area contributed by atoms with Crippen molar-refractivity contribution in [3.8, 4) is 0 Å². The second kappa shape index (κ2) is 5.46. The van der Waals surface area contributed by atoms with Gasteiger partial charge in [-0.3, -0.25) is 9.48 Å². The van der Waals surface area contributed by atoms with Gasteiger partial charge in [-0.05, 0) is 18.9 Å². The number of hydrogen-bond acceptors (Lipinski definition) is 3. The fraction of sp³-hybridized carbons (Fsp3) is 0.455. The third-order valence-electron chi connectivity index (χ3n) is 2.38. The van der Waals surface area contributed by atoms with Gasteiger partial charge in [-0.1, -0.05) is 6.08 Å². The van der Waals surface area contributed by atoms with Gasteiger partial charge in [0, 0.05) is 25.4 Å². The van der Waals surface area contributed by atoms with Gasteiger partial charge in [0.15, 0.2) is 0 Å². The maximum atomic E-state index is 11.5. The average Bonchev–Trinajstić information content (AvgIpc) is 2.61. The summed E-state index contributed by atoms with van der Waals surface area (Å²) in [5.41, 5.74) is 6.71. The lowest BCUT2D eigenvalue weighted by atomic mass is 10.0. The Morgan fingerprint density at radius 1 is 1.80 bits per heavy atom. The minimum Gasteiger partial charge on any atom is -0.321 e. The number of aromatic nitrogens is 2. The van der Waals surface area contributed by atoms with E-state index in [9.17, 15) is 4.79 Å². The van der Waals surface area contributed by atoms with Crippen LogP contribution >= 0.6 is 0 Å². The highest BCUT2D eigenvalue weighted by Gasteiger charge is 2.12. The molecule has 0 aliphatic rings. The molecular weight excluding hydrogens is 190 g/mol. The van der Waals surface area contributed by atoms with Crippen LogP contribution in [0.2, 0.25) is 0 Å². The van der Waals surface area contributed by atoms with E-state index in [1.165, 1.54) is 0 Å². The van der Waals surface area contributed by atoms with E-state index < -0.39 is 6.04 Å². The molecule has 4 heteroatoms. The summed E-state index contributed by atoms with van der Waals surface area (Å²) in [6, 6.07) is 1.50. The van der Waals surface area contributed by atoms with Crippen molar-refractivity contribution < 1.29 is 4.79 Å². The van der Waals surface area contributed by atoms with Gasteiger partial charge in [-0.2, -0.15) is 5.10 Å². The van der Waals surface area contributed by atoms with Crippen LogP contribution in [0.5, 0.6) is 0 Å². The van der Waals surface area contributed by atoms with Gasteiger partial charge in [-0.15, -0.1) is 6.58 Å². The number of rotatable bonds is 6. The summed E-state index contributed by atoms with van der Waals surface area (Å²) in [5, 5.41) is 4.03. The Balaban J connectivity index is 2.40. The third-order valence-corrected chi connectivity index (χ3v) is 2.38. The van der Waals surface area contributed by atoms with Crippen LogP contribution in [0, 0.1) is 0 Å². The minimum atomic E-state index is -0.407. The van der Waals surface area contributed by atoms with Crippen LogP contribution in [0.25, 0.3) is 0 Å². The molecule has 1 unspecified atom stereocenters. The molecule has 1 atom stereocenters. The molecule has 0 aliphatic heterocycles. The lowest BCUT2D eigenvalue weighted by Crippen LogP contribution is -2.30. The van der Waals surface area contributed by atoms with Gasteiger partial charge in [0.05, 0.1) is 6.04 Å². The molecule has 0 amide bonds. The Kier molecular flexibility index (Phi) is 4.24. The first-order chi connectivity index (χ1) is 7.15. The first kappa shape index (κ1) is 11.7. The van der Waals surface area contributed by atoms with Gasteiger partial charge < -0.3 is 5.73 Å². The van der Waals surface area contributed by atoms with Crippen molar-refractivity contribution in [1.82, 2.24) is 9.78 Å². The van der Waals surface area contributed by atoms with E-state index in [4.69, 9.17) is 5.73 Å². The van der Waals surface area contributed by atoms with Crippen LogP contribution in [-0.4, -0.2) is 21.6 Å². The number of nitrogens with two attached hydrogens (primary N) is 1. The van der Waals surface area contributed by atoms with Gasteiger partial charge >= 0.3 is 0 Å². The van der Waals surface area contributed by atoms with E-state index in [1.54, 1.807) is 17.0 Å². The molecule has 1 rings (SSSR count). The Morgan fingerprint density at radius 2 is 2.53 bits per heavy atom. The van der Waals surface area contributed by atoms with Crippen molar-refractivity contribution in [1.29, 1.82) is 0 Å². The SMILES string of the molecule is C=CCC(N)C(=O)CCc1ccnn1C. The van der Waals surface area contributed by atoms with Crippen LogP contribution in [0.4, 0.5) is 0 Å². The van der Waals surface area contributed by atoms with Gasteiger partial charge in [-0.25, -0.2) is 0 Å². The van der Waals surface area contributed by atoms with Crippen LogP contribution in [0.15, 0.2) is 24.9 Å². The second-order valence-corrected chi connectivity index (χ2v) is 3.54. The summed E-state index contributed by atoms with van der Waals surface area (Å²) in [4.78, 5) is 11.5. The van der Waals surface area contributed by atoms with E-state index in [1.807, 2.05) is 13.1 Å². The summed E-state index contributed by atoms with van der Waals surface area (Å²) in [7, 11) is 1.86. The number of carbonyl (C=O) groups excluding carboxylic acids is 1. The van der Waals surface area contributed by atoms with Crippen molar-refractivity contribution in [2.24, 2.45) is 12.8 Å². The molecule has 82 valence electrons. The normalized spacial score (nSPS) is 12.4. The molecule has 15 heavy (non-hydrogen) atoms. The molecule has 0 saturated carbocycles. The van der Waals surface area contributed by atoms with Crippen LogP contribution < -0.4 is 5.73 Å². The topological polar surface area (TPSA) is 60.9 Å². The zero-order chi connectivity index (χ0) is 11.3. The Bertz CT molecular complexity index is 343. The molecule has 0 aliphatic carbocycles. The molecule has 0 bridgehead atoms. The number of hydrogen-bond donors (Lipinski definition) is 1. The molecule has 0 fully saturated rings. The summed E-state index contributed by atoms with van der Waals surface area (Å²) < 4.78 is 1.77. The fourth-order valence-corrected chi connectivity index (χ4v) is 1.39. The van der Waals surface area contributed by atoms with E-state index in [-0.39, 0.29) is 5.78 Å². The van der Waals surface area contributed by atoms with Gasteiger partial charge in [0.25, 0.3) is 0 Å². The summed E-state index contributed by atoms with van der Waals surface area (Å²) in [5.74, 6) is 0.0797. The molecule has 0 aromatic carbocycles. The Hall–Kier alpha value is -1.42. The lowest BCUT2D eigenvalue weighted by Gasteiger charge is -2.07. The Morgan fingerprint density at radius 3 is 3.07 bits per heavy atom. The maximum absolute atomic E-state index is 11.5. The fourth-order valence-electron chi connectivity index (χ4n) is 1.39. The number of Topliss-reactive ketones (excluding diaryl/α,β-unsaturated/α-hetero) is 1. The van der Waals surface area contributed by atoms with Gasteiger partial charge in [0.1, 0.15) is 5.78 Å². The smallest absolute Gasteiger partial charge is 0.150 e. The van der Waals surface area contributed by atoms with Crippen molar-refractivity contribution in [3.05, 3.63) is 30.6 Å². The highest BCUT2D eigenvalue weighted by atomic mass is 16.1. The minimum absolute atomic E-state index is 0.0797. The highest BCUT2D eigenvalue weighted by Crippen LogP contribution is 2.03. The van der Waals surface area contributed by atoms with E-state index >= 15 is 0 Å². The predicted molar refractivity (Wildman–Crippen MR) is 59.3 cm³/mol. The quantitative estimate of drug-likeness (QED) is 0.703. The van der Waals surface area contributed by atoms with Crippen molar-refractivity contribution in [3.63, 3.8) is 0 Å². The van der Waals surface area contributed by atoms with Crippen LogP contribution in [0.1, 0.15) is 18.5 Å². The molecule has 1 heterocycles. The predicted octanol–water partition coefficient (Wildman–Crippen LogP) is 0.825. The third kappa shape index (κ3) is 3.32. The largest absolute Gasteiger partial charge is 0.321 e. The standard InChI is InChI=1S/C11H17N3O/c1-3-4-10(12)11(15)6-5-9-7-8-13-14(9)2/h3,7-8,10H,1,4-6,12H2,2H3. The van der Waals surface area contributed by atoms with Crippen LogP contribution in [0.3, 0.4) is 0 Å². The zero-order valence-corrected chi connectivity index (χ0v) is 9.02. The van der Waals surface area contributed by atoms with Crippen molar-refractivity contribution >= 4 is 5.78 Å². The molecule has 4 nitrogen and oxygen atoms in total. The number of nitrogens with zero attached hydrogens (tertiary/aromatic N) is 2. The van der Waals surface area contributed by atoms with Gasteiger partial charge in [0.2, 0.25) is 0 Å². The molecular formula is C11H17N3O. The van der Waals surface area contributed by atoms with Crippen molar-refractivity contribution in [2.45, 2.75) is 25.3 Å². The van der Waals surface area contributed by atoms with E-state index in [2.05, 4.69) is 11.7 Å². The van der Waals surface area contributed by atoms with Crippen molar-refractivity contribution in [2.75, 3.05) is 0 Å². The van der Waals surface area contributed by atoms with E-state index in [0.29, 0.717) is 19.3 Å². The number of aryl methyl sites for hydroxylation is 2. The lowest BCUT2D eigenvalue weighted by molar-refractivity contribution is -0.120. The summed E-state index contributed by atoms with van der Waals surface area (Å²) >= 11 is 0. The molecule has 0 spiro atoms. The van der Waals surface area contributed by atoms with E-state index in [0.717, 1.165) is 5.69 Å². The second-order valence-electron chi connectivity index (χ2n) is 3.54. The molecule has 0 saturated heterocycles. The molecule has 1 aromatic rings. The zero-order valence-electron chi connectivity index (χ0n) is 9.02. The molecule has 0 radical (unpaired) electrons. The van der Waals surface area contributed by atoms with Crippen LogP contribution in [-0.2, 0) is 18.3 Å². The maximum Gasteiger partial charge on any atom is 0.150 e. The monoisotopic (exact) mass is 207 g/mol.